The Bertz CT molecular complexity index is 928. The van der Waals surface area contributed by atoms with Crippen molar-refractivity contribution in [2.75, 3.05) is 18.5 Å². The second-order valence-electron chi connectivity index (χ2n) is 6.16. The van der Waals surface area contributed by atoms with Crippen LogP contribution in [-0.2, 0) is 11.2 Å². The summed E-state index contributed by atoms with van der Waals surface area (Å²) in [6.45, 7) is 2.85. The van der Waals surface area contributed by atoms with E-state index in [0.29, 0.717) is 36.2 Å². The maximum Gasteiger partial charge on any atom is 0.311 e. The second kappa shape index (κ2) is 8.46. The van der Waals surface area contributed by atoms with Crippen LogP contribution in [0.4, 0.5) is 11.4 Å². The van der Waals surface area contributed by atoms with E-state index in [9.17, 15) is 15.2 Å². The zero-order valence-electron chi connectivity index (χ0n) is 15.0. The second-order valence-corrected chi connectivity index (χ2v) is 6.16. The first-order valence-corrected chi connectivity index (χ1v) is 8.72. The molecule has 0 aliphatic rings. The quantitative estimate of drug-likeness (QED) is 0.463. The molecule has 3 aromatic rings. The summed E-state index contributed by atoms with van der Waals surface area (Å²) in [6, 6.07) is 14.0. The summed E-state index contributed by atoms with van der Waals surface area (Å²) in [6.07, 6.45) is 1.87. The molecule has 7 nitrogen and oxygen atoms in total. The number of nitrogens with zero attached hydrogens (tertiary/aromatic N) is 2. The van der Waals surface area contributed by atoms with E-state index in [1.807, 2.05) is 43.3 Å². The predicted molar refractivity (Wildman–Crippen MR) is 104 cm³/mol. The van der Waals surface area contributed by atoms with Gasteiger partial charge >= 0.3 is 5.69 Å². The first-order chi connectivity index (χ1) is 13.1. The van der Waals surface area contributed by atoms with Gasteiger partial charge in [0.1, 0.15) is 17.6 Å². The molecule has 0 aliphatic carbocycles. The average molecular weight is 367 g/mol. The summed E-state index contributed by atoms with van der Waals surface area (Å²) in [5.41, 5.74) is 2.05. The van der Waals surface area contributed by atoms with Crippen LogP contribution in [0.3, 0.4) is 0 Å². The molecule has 27 heavy (non-hydrogen) atoms. The average Bonchev–Trinajstić information content (AvgIpc) is 2.67. The topological polar surface area (TPSA) is 97.5 Å². The van der Waals surface area contributed by atoms with Gasteiger partial charge in [-0.2, -0.15) is 0 Å². The van der Waals surface area contributed by atoms with Crippen molar-refractivity contribution in [2.24, 2.45) is 0 Å². The lowest BCUT2D eigenvalue weighted by Crippen LogP contribution is -2.28. The Morgan fingerprint density at radius 2 is 1.96 bits per heavy atom. The van der Waals surface area contributed by atoms with Crippen molar-refractivity contribution in [2.45, 2.75) is 19.4 Å². The number of aromatic hydroxyl groups is 1. The van der Waals surface area contributed by atoms with E-state index >= 15 is 0 Å². The third-order valence-electron chi connectivity index (χ3n) is 4.24. The Balaban J connectivity index is 1.95. The minimum atomic E-state index is -0.430. The minimum absolute atomic E-state index is 0.0686. The van der Waals surface area contributed by atoms with Crippen LogP contribution in [0.5, 0.6) is 5.75 Å². The van der Waals surface area contributed by atoms with Crippen LogP contribution in [0.15, 0.2) is 54.7 Å². The molecule has 7 heteroatoms. The van der Waals surface area contributed by atoms with Crippen molar-refractivity contribution >= 4 is 22.3 Å². The molecule has 0 saturated heterocycles. The Morgan fingerprint density at radius 3 is 2.67 bits per heavy atom. The lowest BCUT2D eigenvalue weighted by atomic mass is 10.0. The Kier molecular flexibility index (Phi) is 5.83. The van der Waals surface area contributed by atoms with Crippen LogP contribution in [0.1, 0.15) is 12.5 Å². The van der Waals surface area contributed by atoms with E-state index in [4.69, 9.17) is 4.74 Å². The van der Waals surface area contributed by atoms with Gasteiger partial charge in [-0.15, -0.1) is 0 Å². The first kappa shape index (κ1) is 18.6. The molecular weight excluding hydrogens is 346 g/mol. The minimum Gasteiger partial charge on any atom is -0.508 e. The van der Waals surface area contributed by atoms with Crippen molar-refractivity contribution in [3.63, 3.8) is 0 Å². The molecule has 1 unspecified atom stereocenters. The number of nitrogens with one attached hydrogen (secondary N) is 1. The van der Waals surface area contributed by atoms with Crippen molar-refractivity contribution in [3.8, 4) is 5.75 Å². The molecule has 0 aliphatic heterocycles. The molecule has 1 heterocycles. The van der Waals surface area contributed by atoms with Crippen LogP contribution in [0.2, 0.25) is 0 Å². The zero-order chi connectivity index (χ0) is 19.2. The lowest BCUT2D eigenvalue weighted by Gasteiger charge is -2.21. The number of phenolic OH excluding ortho intramolecular Hbond substituents is 1. The number of nitro groups is 1. The third-order valence-corrected chi connectivity index (χ3v) is 4.24. The fourth-order valence-electron chi connectivity index (χ4n) is 2.95. The zero-order valence-corrected chi connectivity index (χ0v) is 15.0. The number of hydrogen-bond acceptors (Lipinski definition) is 6. The molecule has 1 atom stereocenters. The highest BCUT2D eigenvalue weighted by atomic mass is 16.6. The van der Waals surface area contributed by atoms with Crippen molar-refractivity contribution < 1.29 is 14.8 Å². The van der Waals surface area contributed by atoms with Crippen molar-refractivity contribution in [1.82, 2.24) is 4.98 Å². The molecule has 0 saturated carbocycles. The van der Waals surface area contributed by atoms with Gasteiger partial charge in [-0.05, 0) is 37.1 Å². The third kappa shape index (κ3) is 4.51. The number of fused-ring (bicyclic) bond motifs is 1. The van der Waals surface area contributed by atoms with E-state index < -0.39 is 4.92 Å². The summed E-state index contributed by atoms with van der Waals surface area (Å²) in [5.74, 6) is 0.198. The van der Waals surface area contributed by atoms with Crippen LogP contribution in [0, 0.1) is 10.1 Å². The van der Waals surface area contributed by atoms with Crippen LogP contribution >= 0.6 is 0 Å². The molecule has 0 bridgehead atoms. The maximum absolute atomic E-state index is 11.5. The Hall–Kier alpha value is -3.19. The number of para-hydroxylation sites is 1. The molecule has 2 aromatic carbocycles. The Morgan fingerprint density at radius 1 is 1.22 bits per heavy atom. The monoisotopic (exact) mass is 367 g/mol. The normalized spacial score (nSPS) is 12.0. The highest BCUT2D eigenvalue weighted by Gasteiger charge is 2.21. The summed E-state index contributed by atoms with van der Waals surface area (Å²) < 4.78 is 5.58. The molecule has 0 amide bonds. The summed E-state index contributed by atoms with van der Waals surface area (Å²) >= 11 is 0. The van der Waals surface area contributed by atoms with Gasteiger partial charge in [0.25, 0.3) is 0 Å². The van der Waals surface area contributed by atoms with Gasteiger partial charge in [-0.25, -0.2) is 4.98 Å². The van der Waals surface area contributed by atoms with E-state index in [2.05, 4.69) is 10.3 Å². The first-order valence-electron chi connectivity index (χ1n) is 8.72. The number of benzene rings is 2. The summed E-state index contributed by atoms with van der Waals surface area (Å²) in [4.78, 5) is 15.3. The molecular formula is C20H21N3O4. The van der Waals surface area contributed by atoms with Gasteiger partial charge < -0.3 is 15.2 Å². The van der Waals surface area contributed by atoms with Crippen LogP contribution in [0.25, 0.3) is 10.9 Å². The largest absolute Gasteiger partial charge is 0.508 e. The standard InChI is InChI=1S/C20H21N3O4/c1-2-27-13-15(11-14-7-9-16(24)10-8-14)22-20-17-5-3-4-6-18(17)21-12-19(20)23(25)26/h3-10,12,15,24H,2,11,13H2,1H3,(H,21,22). The SMILES string of the molecule is CCOCC(Cc1ccc(O)cc1)Nc1c([N+](=O)[O-])cnc2ccccc12. The van der Waals surface area contributed by atoms with E-state index in [1.165, 1.54) is 6.20 Å². The fourth-order valence-corrected chi connectivity index (χ4v) is 2.95. The van der Waals surface area contributed by atoms with E-state index in [-0.39, 0.29) is 17.5 Å². The highest BCUT2D eigenvalue weighted by molar-refractivity contribution is 5.95. The number of phenols is 1. The smallest absolute Gasteiger partial charge is 0.311 e. The number of pyridine rings is 1. The molecule has 0 radical (unpaired) electrons. The number of ether oxygens (including phenoxy) is 1. The number of aromatic nitrogens is 1. The van der Waals surface area contributed by atoms with E-state index in [0.717, 1.165) is 5.56 Å². The molecule has 140 valence electrons. The molecule has 2 N–H and O–H groups in total. The van der Waals surface area contributed by atoms with Gasteiger partial charge in [0, 0.05) is 12.0 Å². The Labute approximate surface area is 156 Å². The number of anilines is 1. The molecule has 3 rings (SSSR count). The molecule has 1 aromatic heterocycles. The number of rotatable bonds is 8. The summed E-state index contributed by atoms with van der Waals surface area (Å²) in [5, 5.41) is 25.0. The molecule has 0 fully saturated rings. The fraction of sp³-hybridized carbons (Fsp3) is 0.250. The highest BCUT2D eigenvalue weighted by Crippen LogP contribution is 2.32. The van der Waals surface area contributed by atoms with Crippen LogP contribution < -0.4 is 5.32 Å². The van der Waals surface area contributed by atoms with Gasteiger partial charge in [0.15, 0.2) is 0 Å². The van der Waals surface area contributed by atoms with Crippen molar-refractivity contribution in [1.29, 1.82) is 0 Å². The van der Waals surface area contributed by atoms with Gasteiger partial charge in [-0.1, -0.05) is 30.3 Å². The van der Waals surface area contributed by atoms with Crippen molar-refractivity contribution in [3.05, 3.63) is 70.4 Å². The molecule has 0 spiro atoms. The van der Waals surface area contributed by atoms with Gasteiger partial charge in [0.05, 0.1) is 23.1 Å². The van der Waals surface area contributed by atoms with Gasteiger partial charge in [0.2, 0.25) is 0 Å². The lowest BCUT2D eigenvalue weighted by molar-refractivity contribution is -0.384. The maximum atomic E-state index is 11.5. The predicted octanol–water partition coefficient (Wildman–Crippen LogP) is 3.91. The number of hydrogen-bond donors (Lipinski definition) is 2. The van der Waals surface area contributed by atoms with E-state index in [1.54, 1.807) is 12.1 Å². The summed E-state index contributed by atoms with van der Waals surface area (Å²) in [7, 11) is 0. The van der Waals surface area contributed by atoms with Gasteiger partial charge in [-0.3, -0.25) is 10.1 Å². The van der Waals surface area contributed by atoms with Crippen LogP contribution in [-0.4, -0.2) is 34.3 Å².